The standard InChI is InChI=1S/C12H14N2OS/c15-8-11-3-1-2-10(4-11)5-13-6-12-7-14-9-16-12/h1-4,7,9,13,15H,5-6,8H2. The van der Waals surface area contributed by atoms with Gasteiger partial charge in [0.25, 0.3) is 0 Å². The van der Waals surface area contributed by atoms with E-state index in [-0.39, 0.29) is 6.61 Å². The normalized spacial score (nSPS) is 10.6. The molecule has 16 heavy (non-hydrogen) atoms. The Morgan fingerprint density at radius 1 is 1.25 bits per heavy atom. The van der Waals surface area contributed by atoms with Crippen molar-refractivity contribution in [3.05, 3.63) is 52.0 Å². The molecule has 2 aromatic rings. The third-order valence-corrected chi connectivity index (χ3v) is 3.07. The minimum absolute atomic E-state index is 0.0999. The first kappa shape index (κ1) is 11.3. The molecule has 0 fully saturated rings. The Kier molecular flexibility index (Phi) is 4.04. The second kappa shape index (κ2) is 5.75. The first-order valence-corrected chi connectivity index (χ1v) is 6.03. The highest BCUT2D eigenvalue weighted by atomic mass is 32.1. The number of rotatable bonds is 5. The second-order valence-corrected chi connectivity index (χ2v) is 4.52. The van der Waals surface area contributed by atoms with Gasteiger partial charge < -0.3 is 10.4 Å². The van der Waals surface area contributed by atoms with Gasteiger partial charge in [-0.3, -0.25) is 4.98 Å². The van der Waals surface area contributed by atoms with Crippen LogP contribution in [-0.2, 0) is 19.7 Å². The molecule has 0 atom stereocenters. The summed E-state index contributed by atoms with van der Waals surface area (Å²) in [6.45, 7) is 1.75. The van der Waals surface area contributed by atoms with Crippen LogP contribution in [-0.4, -0.2) is 10.1 Å². The first-order valence-electron chi connectivity index (χ1n) is 5.15. The van der Waals surface area contributed by atoms with E-state index in [0.29, 0.717) is 0 Å². The predicted octanol–water partition coefficient (Wildman–Crippen LogP) is 1.93. The molecule has 3 nitrogen and oxygen atoms in total. The van der Waals surface area contributed by atoms with Crippen LogP contribution in [0.1, 0.15) is 16.0 Å². The predicted molar refractivity (Wildman–Crippen MR) is 65.0 cm³/mol. The van der Waals surface area contributed by atoms with Gasteiger partial charge in [-0.25, -0.2) is 0 Å². The number of nitrogens with one attached hydrogen (secondary N) is 1. The van der Waals surface area contributed by atoms with Crippen LogP contribution in [0.25, 0.3) is 0 Å². The summed E-state index contributed by atoms with van der Waals surface area (Å²) < 4.78 is 0. The molecule has 1 aromatic carbocycles. The van der Waals surface area contributed by atoms with Crippen LogP contribution >= 0.6 is 11.3 Å². The van der Waals surface area contributed by atoms with Crippen molar-refractivity contribution in [2.45, 2.75) is 19.7 Å². The van der Waals surface area contributed by atoms with Gasteiger partial charge in [0, 0.05) is 24.2 Å². The zero-order valence-electron chi connectivity index (χ0n) is 8.89. The van der Waals surface area contributed by atoms with Gasteiger partial charge in [-0.2, -0.15) is 0 Å². The van der Waals surface area contributed by atoms with Crippen LogP contribution < -0.4 is 5.32 Å². The second-order valence-electron chi connectivity index (χ2n) is 3.55. The maximum Gasteiger partial charge on any atom is 0.0794 e. The van der Waals surface area contributed by atoms with E-state index in [9.17, 15) is 0 Å². The Labute approximate surface area is 98.8 Å². The fourth-order valence-electron chi connectivity index (χ4n) is 1.50. The summed E-state index contributed by atoms with van der Waals surface area (Å²) in [5, 5.41) is 12.4. The van der Waals surface area contributed by atoms with Gasteiger partial charge in [-0.15, -0.1) is 11.3 Å². The summed E-state index contributed by atoms with van der Waals surface area (Å²) in [7, 11) is 0. The van der Waals surface area contributed by atoms with Crippen molar-refractivity contribution >= 4 is 11.3 Å². The van der Waals surface area contributed by atoms with Gasteiger partial charge in [0.1, 0.15) is 0 Å². The number of benzene rings is 1. The van der Waals surface area contributed by atoms with Gasteiger partial charge in [0.15, 0.2) is 0 Å². The van der Waals surface area contributed by atoms with Crippen molar-refractivity contribution in [1.29, 1.82) is 0 Å². The Morgan fingerprint density at radius 2 is 2.12 bits per heavy atom. The van der Waals surface area contributed by atoms with E-state index in [1.54, 1.807) is 11.3 Å². The number of hydrogen-bond donors (Lipinski definition) is 2. The maximum atomic E-state index is 9.01. The summed E-state index contributed by atoms with van der Waals surface area (Å²) in [6, 6.07) is 7.96. The van der Waals surface area contributed by atoms with E-state index >= 15 is 0 Å². The van der Waals surface area contributed by atoms with Crippen molar-refractivity contribution in [2.75, 3.05) is 0 Å². The molecule has 0 bridgehead atoms. The average molecular weight is 234 g/mol. The minimum Gasteiger partial charge on any atom is -0.392 e. The Hall–Kier alpha value is -1.23. The molecule has 0 unspecified atom stereocenters. The molecule has 1 aromatic heterocycles. The van der Waals surface area contributed by atoms with Crippen molar-refractivity contribution < 1.29 is 5.11 Å². The minimum atomic E-state index is 0.0999. The van der Waals surface area contributed by atoms with Gasteiger partial charge in [0.05, 0.1) is 12.1 Å². The molecule has 2 rings (SSSR count). The fraction of sp³-hybridized carbons (Fsp3) is 0.250. The van der Waals surface area contributed by atoms with Gasteiger partial charge in [-0.1, -0.05) is 24.3 Å². The largest absolute Gasteiger partial charge is 0.392 e. The summed E-state index contributed by atoms with van der Waals surface area (Å²) in [6.07, 6.45) is 1.88. The van der Waals surface area contributed by atoms with Crippen LogP contribution in [0, 0.1) is 0 Å². The Balaban J connectivity index is 1.85. The number of hydrogen-bond acceptors (Lipinski definition) is 4. The smallest absolute Gasteiger partial charge is 0.0794 e. The number of aromatic nitrogens is 1. The lowest BCUT2D eigenvalue weighted by molar-refractivity contribution is 0.281. The fourth-order valence-corrected chi connectivity index (χ4v) is 2.06. The van der Waals surface area contributed by atoms with Crippen molar-refractivity contribution in [1.82, 2.24) is 10.3 Å². The molecule has 0 saturated carbocycles. The number of aliphatic hydroxyl groups is 1. The molecule has 0 aliphatic heterocycles. The van der Waals surface area contributed by atoms with Crippen molar-refractivity contribution in [3.8, 4) is 0 Å². The third kappa shape index (κ3) is 3.13. The van der Waals surface area contributed by atoms with E-state index in [1.165, 1.54) is 10.4 Å². The van der Waals surface area contributed by atoms with Crippen molar-refractivity contribution in [2.24, 2.45) is 0 Å². The zero-order chi connectivity index (χ0) is 11.2. The van der Waals surface area contributed by atoms with E-state index in [0.717, 1.165) is 18.7 Å². The molecule has 0 aliphatic rings. The highest BCUT2D eigenvalue weighted by Gasteiger charge is 1.96. The maximum absolute atomic E-state index is 9.01. The van der Waals surface area contributed by atoms with Crippen LogP contribution in [0.15, 0.2) is 36.0 Å². The van der Waals surface area contributed by atoms with Crippen LogP contribution in [0.4, 0.5) is 0 Å². The summed E-state index contributed by atoms with van der Waals surface area (Å²) >= 11 is 1.65. The van der Waals surface area contributed by atoms with Crippen LogP contribution in [0.5, 0.6) is 0 Å². The molecule has 1 heterocycles. The first-order chi connectivity index (χ1) is 7.88. The van der Waals surface area contributed by atoms with Crippen LogP contribution in [0.2, 0.25) is 0 Å². The van der Waals surface area contributed by atoms with E-state index in [4.69, 9.17) is 5.11 Å². The molecule has 0 spiro atoms. The van der Waals surface area contributed by atoms with Crippen molar-refractivity contribution in [3.63, 3.8) is 0 Å². The van der Waals surface area contributed by atoms with Gasteiger partial charge in [-0.05, 0) is 11.1 Å². The van der Waals surface area contributed by atoms with Crippen LogP contribution in [0.3, 0.4) is 0 Å². The molecule has 84 valence electrons. The topological polar surface area (TPSA) is 45.1 Å². The average Bonchev–Trinajstić information content (AvgIpc) is 2.82. The number of aliphatic hydroxyl groups excluding tert-OH is 1. The number of thiazole rings is 1. The highest BCUT2D eigenvalue weighted by Crippen LogP contribution is 2.07. The molecular formula is C12H14N2OS. The molecular weight excluding hydrogens is 220 g/mol. The van der Waals surface area contributed by atoms with Gasteiger partial charge >= 0.3 is 0 Å². The van der Waals surface area contributed by atoms with E-state index < -0.39 is 0 Å². The Bertz CT molecular complexity index is 428. The summed E-state index contributed by atoms with van der Waals surface area (Å²) in [4.78, 5) is 5.26. The molecule has 2 N–H and O–H groups in total. The lowest BCUT2D eigenvalue weighted by Crippen LogP contribution is -2.11. The monoisotopic (exact) mass is 234 g/mol. The molecule has 0 aliphatic carbocycles. The SMILES string of the molecule is OCc1cccc(CNCc2cncs2)c1. The van der Waals surface area contributed by atoms with E-state index in [2.05, 4.69) is 16.4 Å². The lowest BCUT2D eigenvalue weighted by atomic mass is 10.1. The number of nitrogens with zero attached hydrogens (tertiary/aromatic N) is 1. The van der Waals surface area contributed by atoms with Gasteiger partial charge in [0.2, 0.25) is 0 Å². The molecule has 0 amide bonds. The summed E-state index contributed by atoms with van der Waals surface area (Å²) in [5.41, 5.74) is 3.98. The van der Waals surface area contributed by atoms with E-state index in [1.807, 2.05) is 29.9 Å². The quantitative estimate of drug-likeness (QED) is 0.831. The molecule has 4 heteroatoms. The highest BCUT2D eigenvalue weighted by molar-refractivity contribution is 7.09. The zero-order valence-corrected chi connectivity index (χ0v) is 9.70. The molecule has 0 radical (unpaired) electrons. The third-order valence-electron chi connectivity index (χ3n) is 2.29. The molecule has 0 saturated heterocycles. The summed E-state index contributed by atoms with van der Waals surface area (Å²) in [5.74, 6) is 0. The lowest BCUT2D eigenvalue weighted by Gasteiger charge is -2.04. The Morgan fingerprint density at radius 3 is 2.88 bits per heavy atom.